The van der Waals surface area contributed by atoms with Gasteiger partial charge in [0.15, 0.2) is 11.5 Å². The highest BCUT2D eigenvalue weighted by Gasteiger charge is 2.25. The lowest BCUT2D eigenvalue weighted by Gasteiger charge is -2.24. The van der Waals surface area contributed by atoms with Gasteiger partial charge in [0, 0.05) is 36.3 Å². The highest BCUT2D eigenvalue weighted by Crippen LogP contribution is 2.37. The van der Waals surface area contributed by atoms with E-state index in [0.717, 1.165) is 37.3 Å². The van der Waals surface area contributed by atoms with E-state index in [1.165, 1.54) is 4.68 Å². The van der Waals surface area contributed by atoms with Crippen molar-refractivity contribution in [2.24, 2.45) is 4.99 Å². The fourth-order valence-electron chi connectivity index (χ4n) is 3.59. The number of hydrogen-bond donors (Lipinski definition) is 0. The Bertz CT molecular complexity index is 1090. The third-order valence-corrected chi connectivity index (χ3v) is 5.15. The Kier molecular flexibility index (Phi) is 6.80. The summed E-state index contributed by atoms with van der Waals surface area (Å²) in [6.07, 6.45) is 4.70. The highest BCUT2D eigenvalue weighted by molar-refractivity contribution is 6.01. The van der Waals surface area contributed by atoms with Crippen LogP contribution in [0.5, 0.6) is 11.5 Å². The molecule has 0 aliphatic carbocycles. The van der Waals surface area contributed by atoms with Gasteiger partial charge in [-0.25, -0.2) is 4.79 Å². The molecule has 0 radical (unpaired) electrons. The maximum Gasteiger partial charge on any atom is 0.435 e. The number of rotatable bonds is 5. The van der Waals surface area contributed by atoms with Crippen LogP contribution in [0.4, 0.5) is 4.79 Å². The molecule has 1 aromatic carbocycles. The van der Waals surface area contributed by atoms with Crippen LogP contribution in [0.1, 0.15) is 26.5 Å². The number of hydrogen-bond acceptors (Lipinski definition) is 8. The van der Waals surface area contributed by atoms with E-state index in [4.69, 9.17) is 18.9 Å². The first kappa shape index (κ1) is 23.0. The molecule has 0 saturated carbocycles. The monoisotopic (exact) mass is 454 g/mol. The van der Waals surface area contributed by atoms with E-state index in [1.54, 1.807) is 18.4 Å². The Labute approximate surface area is 193 Å². The second-order valence-corrected chi connectivity index (χ2v) is 8.78. The van der Waals surface area contributed by atoms with Crippen LogP contribution < -0.4 is 9.47 Å². The maximum absolute atomic E-state index is 12.9. The topological polar surface area (TPSA) is 87.4 Å². The van der Waals surface area contributed by atoms with E-state index >= 15 is 0 Å². The number of allylic oxidation sites excluding steroid dienone is 3. The molecule has 0 unspecified atom stereocenters. The maximum atomic E-state index is 12.9. The number of aromatic nitrogens is 2. The molecule has 1 fully saturated rings. The largest absolute Gasteiger partial charge is 0.486 e. The SMILES string of the molecule is C=C/C(=C\C=NCN1CCOCC1)c1nn(C(=O)OC(C)(C)C)c2cc3c(cc12)OCCO3. The lowest BCUT2D eigenvalue weighted by Crippen LogP contribution is -2.36. The summed E-state index contributed by atoms with van der Waals surface area (Å²) in [5.74, 6) is 1.18. The van der Waals surface area contributed by atoms with E-state index in [-0.39, 0.29) is 0 Å². The van der Waals surface area contributed by atoms with E-state index in [9.17, 15) is 4.79 Å². The lowest BCUT2D eigenvalue weighted by molar-refractivity contribution is 0.0395. The fourth-order valence-corrected chi connectivity index (χ4v) is 3.59. The first-order valence-corrected chi connectivity index (χ1v) is 11.0. The summed E-state index contributed by atoms with van der Waals surface area (Å²) in [7, 11) is 0. The normalized spacial score (nSPS) is 17.5. The predicted octanol–water partition coefficient (Wildman–Crippen LogP) is 3.52. The zero-order valence-corrected chi connectivity index (χ0v) is 19.4. The molecule has 2 aliphatic rings. The summed E-state index contributed by atoms with van der Waals surface area (Å²) in [5, 5.41) is 5.32. The van der Waals surface area contributed by atoms with E-state index in [2.05, 4.69) is 21.6 Å². The van der Waals surface area contributed by atoms with Crippen molar-refractivity contribution in [3.8, 4) is 11.5 Å². The smallest absolute Gasteiger partial charge is 0.435 e. The van der Waals surface area contributed by atoms with Gasteiger partial charge in [0.1, 0.15) is 24.5 Å². The van der Waals surface area contributed by atoms with Crippen molar-refractivity contribution >= 4 is 28.8 Å². The standard InChI is InChI=1S/C24H30N4O5/c1-5-17(6-7-25-16-27-8-10-30-11-9-27)22-18-14-20-21(32-13-12-31-20)15-19(18)28(26-22)23(29)33-24(2,3)4/h5-7,14-15H,1,8-13,16H2,2-4H3/b17-6+,25-7?. The third kappa shape index (κ3) is 5.43. The molecule has 33 heavy (non-hydrogen) atoms. The van der Waals surface area contributed by atoms with Crippen LogP contribution in [-0.4, -0.2) is 78.8 Å². The van der Waals surface area contributed by atoms with Gasteiger partial charge in [0.2, 0.25) is 0 Å². The zero-order chi connectivity index (χ0) is 23.4. The molecular formula is C24H30N4O5. The van der Waals surface area contributed by atoms with Gasteiger partial charge in [-0.1, -0.05) is 12.7 Å². The van der Waals surface area contributed by atoms with E-state index in [0.29, 0.717) is 42.6 Å². The number of carbonyl (C=O) groups excluding carboxylic acids is 1. The quantitative estimate of drug-likeness (QED) is 0.505. The first-order valence-electron chi connectivity index (χ1n) is 11.0. The van der Waals surface area contributed by atoms with Gasteiger partial charge in [-0.15, -0.1) is 0 Å². The number of morpholine rings is 1. The minimum absolute atomic E-state index is 0.448. The van der Waals surface area contributed by atoms with Crippen LogP contribution in [0.3, 0.4) is 0 Å². The van der Waals surface area contributed by atoms with Crippen molar-refractivity contribution in [3.63, 3.8) is 0 Å². The average molecular weight is 455 g/mol. The lowest BCUT2D eigenvalue weighted by atomic mass is 10.1. The summed E-state index contributed by atoms with van der Waals surface area (Å²) in [5.41, 5.74) is 1.22. The molecule has 4 rings (SSSR count). The number of carbonyl (C=O) groups is 1. The van der Waals surface area contributed by atoms with Crippen LogP contribution >= 0.6 is 0 Å². The van der Waals surface area contributed by atoms with Crippen molar-refractivity contribution < 1.29 is 23.7 Å². The fraction of sp³-hybridized carbons (Fsp3) is 0.458. The molecule has 2 aliphatic heterocycles. The highest BCUT2D eigenvalue weighted by atomic mass is 16.6. The molecule has 0 bridgehead atoms. The first-order chi connectivity index (χ1) is 15.9. The Morgan fingerprint density at radius 1 is 1.18 bits per heavy atom. The van der Waals surface area contributed by atoms with Crippen LogP contribution in [-0.2, 0) is 9.47 Å². The second kappa shape index (κ2) is 9.76. The Morgan fingerprint density at radius 2 is 1.88 bits per heavy atom. The summed E-state index contributed by atoms with van der Waals surface area (Å²) in [6.45, 7) is 14.1. The van der Waals surface area contributed by atoms with E-state index in [1.807, 2.05) is 32.9 Å². The van der Waals surface area contributed by atoms with Gasteiger partial charge in [-0.05, 0) is 32.9 Å². The summed E-state index contributed by atoms with van der Waals surface area (Å²) in [6, 6.07) is 3.60. The number of nitrogens with zero attached hydrogens (tertiary/aromatic N) is 4. The molecular weight excluding hydrogens is 424 g/mol. The van der Waals surface area contributed by atoms with Gasteiger partial charge >= 0.3 is 6.09 Å². The predicted molar refractivity (Wildman–Crippen MR) is 126 cm³/mol. The third-order valence-electron chi connectivity index (χ3n) is 5.15. The molecule has 1 aromatic heterocycles. The molecule has 0 amide bonds. The Morgan fingerprint density at radius 3 is 2.55 bits per heavy atom. The molecule has 0 spiro atoms. The molecule has 0 atom stereocenters. The summed E-state index contributed by atoms with van der Waals surface area (Å²) in [4.78, 5) is 19.6. The second-order valence-electron chi connectivity index (χ2n) is 8.78. The Hall–Kier alpha value is -3.17. The van der Waals surface area contributed by atoms with Gasteiger partial charge in [0.05, 0.1) is 25.4 Å². The van der Waals surface area contributed by atoms with Crippen LogP contribution in [0.25, 0.3) is 16.5 Å². The molecule has 176 valence electrons. The number of aliphatic imine (C=N–C) groups is 1. The number of fused-ring (bicyclic) bond motifs is 2. The van der Waals surface area contributed by atoms with Gasteiger partial charge in [-0.2, -0.15) is 9.78 Å². The molecule has 3 heterocycles. The number of ether oxygens (including phenoxy) is 4. The molecule has 0 N–H and O–H groups in total. The van der Waals surface area contributed by atoms with Crippen molar-refractivity contribution in [1.82, 2.24) is 14.7 Å². The average Bonchev–Trinajstić information content (AvgIpc) is 3.15. The minimum Gasteiger partial charge on any atom is -0.486 e. The molecule has 2 aromatic rings. The van der Waals surface area contributed by atoms with Crippen LogP contribution in [0.2, 0.25) is 0 Å². The van der Waals surface area contributed by atoms with Crippen LogP contribution in [0, 0.1) is 0 Å². The molecule has 9 heteroatoms. The van der Waals surface area contributed by atoms with E-state index < -0.39 is 11.7 Å². The molecule has 9 nitrogen and oxygen atoms in total. The summed E-state index contributed by atoms with van der Waals surface area (Å²) < 4.78 is 23.7. The molecule has 1 saturated heterocycles. The van der Waals surface area contributed by atoms with Crippen molar-refractivity contribution in [2.75, 3.05) is 46.2 Å². The Balaban J connectivity index is 1.70. The number of benzene rings is 1. The minimum atomic E-state index is -0.660. The van der Waals surface area contributed by atoms with Crippen molar-refractivity contribution in [2.45, 2.75) is 26.4 Å². The van der Waals surface area contributed by atoms with Gasteiger partial charge < -0.3 is 18.9 Å². The van der Waals surface area contributed by atoms with Crippen molar-refractivity contribution in [3.05, 3.63) is 36.6 Å². The van der Waals surface area contributed by atoms with Crippen LogP contribution in [0.15, 0.2) is 35.9 Å². The van der Waals surface area contributed by atoms with Gasteiger partial charge in [-0.3, -0.25) is 9.89 Å². The summed E-state index contributed by atoms with van der Waals surface area (Å²) >= 11 is 0. The van der Waals surface area contributed by atoms with Gasteiger partial charge in [0.25, 0.3) is 0 Å². The van der Waals surface area contributed by atoms with Crippen molar-refractivity contribution in [1.29, 1.82) is 0 Å². The zero-order valence-electron chi connectivity index (χ0n) is 19.4.